The minimum atomic E-state index is -0.590. The standard InChI is InChI=1S/C22H21N5O3/c1-3-19(16-9-5-4-6-10-16)25-22(29)30-20-15(2)27(26-13-23-24-14-26)21(28)18-12-8-7-11-17(18)20/h4-14,19H,3H2,1-2H3,(H,25,29)/t19-/m0/s1. The lowest BCUT2D eigenvalue weighted by Gasteiger charge is -2.20. The maximum atomic E-state index is 13.0. The predicted molar refractivity (Wildman–Crippen MR) is 112 cm³/mol. The number of carbonyl (C=O) groups is 1. The van der Waals surface area contributed by atoms with Crippen molar-refractivity contribution in [3.8, 4) is 5.75 Å². The van der Waals surface area contributed by atoms with E-state index in [9.17, 15) is 9.59 Å². The van der Waals surface area contributed by atoms with Crippen LogP contribution >= 0.6 is 0 Å². The molecule has 0 saturated carbocycles. The average molecular weight is 403 g/mol. The molecule has 0 bridgehead atoms. The van der Waals surface area contributed by atoms with E-state index < -0.39 is 6.09 Å². The van der Waals surface area contributed by atoms with Crippen molar-refractivity contribution in [2.45, 2.75) is 26.3 Å². The van der Waals surface area contributed by atoms with Gasteiger partial charge in [0.25, 0.3) is 5.56 Å². The van der Waals surface area contributed by atoms with Crippen LogP contribution in [0.15, 0.2) is 72.0 Å². The highest BCUT2D eigenvalue weighted by molar-refractivity contribution is 5.90. The summed E-state index contributed by atoms with van der Waals surface area (Å²) < 4.78 is 8.57. The molecule has 4 aromatic rings. The quantitative estimate of drug-likeness (QED) is 0.551. The van der Waals surface area contributed by atoms with Crippen molar-refractivity contribution in [3.63, 3.8) is 0 Å². The fourth-order valence-corrected chi connectivity index (χ4v) is 3.50. The third kappa shape index (κ3) is 3.55. The van der Waals surface area contributed by atoms with E-state index >= 15 is 0 Å². The second-order valence-corrected chi connectivity index (χ2v) is 6.82. The first-order valence-electron chi connectivity index (χ1n) is 9.63. The van der Waals surface area contributed by atoms with Gasteiger partial charge >= 0.3 is 6.09 Å². The Morgan fingerprint density at radius 1 is 1.03 bits per heavy atom. The van der Waals surface area contributed by atoms with E-state index in [4.69, 9.17) is 4.74 Å². The molecule has 0 fully saturated rings. The van der Waals surface area contributed by atoms with Crippen LogP contribution in [-0.2, 0) is 0 Å². The molecule has 2 aromatic carbocycles. The van der Waals surface area contributed by atoms with Crippen LogP contribution < -0.4 is 15.6 Å². The van der Waals surface area contributed by atoms with Crippen molar-refractivity contribution >= 4 is 16.9 Å². The summed E-state index contributed by atoms with van der Waals surface area (Å²) in [5.41, 5.74) is 1.20. The molecule has 2 heterocycles. The largest absolute Gasteiger partial charge is 0.413 e. The highest BCUT2D eigenvalue weighted by atomic mass is 16.6. The number of pyridine rings is 1. The van der Waals surface area contributed by atoms with Crippen molar-refractivity contribution in [2.24, 2.45) is 0 Å². The SMILES string of the molecule is CC[C@H](NC(=O)Oc1c(C)n(-n2cnnc2)c(=O)c2ccccc12)c1ccccc1. The van der Waals surface area contributed by atoms with E-state index in [1.807, 2.05) is 37.3 Å². The van der Waals surface area contributed by atoms with Crippen LogP contribution in [0.5, 0.6) is 5.75 Å². The van der Waals surface area contributed by atoms with Gasteiger partial charge in [0, 0.05) is 5.39 Å². The predicted octanol–water partition coefficient (Wildman–Crippen LogP) is 3.45. The highest BCUT2D eigenvalue weighted by Gasteiger charge is 2.20. The highest BCUT2D eigenvalue weighted by Crippen LogP contribution is 2.28. The molecule has 2 aromatic heterocycles. The Morgan fingerprint density at radius 3 is 2.33 bits per heavy atom. The maximum absolute atomic E-state index is 13.0. The van der Waals surface area contributed by atoms with Crippen molar-refractivity contribution in [2.75, 3.05) is 0 Å². The summed E-state index contributed by atoms with van der Waals surface area (Å²) in [7, 11) is 0. The molecule has 0 aliphatic carbocycles. The van der Waals surface area contributed by atoms with E-state index in [-0.39, 0.29) is 11.6 Å². The minimum Gasteiger partial charge on any atom is -0.408 e. The van der Waals surface area contributed by atoms with Gasteiger partial charge in [0.2, 0.25) is 0 Å². The second-order valence-electron chi connectivity index (χ2n) is 6.82. The van der Waals surface area contributed by atoms with Crippen LogP contribution in [0.4, 0.5) is 4.79 Å². The van der Waals surface area contributed by atoms with Crippen molar-refractivity contribution in [3.05, 3.63) is 88.9 Å². The number of benzene rings is 2. The topological polar surface area (TPSA) is 91.0 Å². The number of nitrogens with one attached hydrogen (secondary N) is 1. The van der Waals surface area contributed by atoms with E-state index in [1.54, 1.807) is 31.2 Å². The summed E-state index contributed by atoms with van der Waals surface area (Å²) in [5.74, 6) is 0.305. The zero-order chi connectivity index (χ0) is 21.1. The molecule has 1 atom stereocenters. The zero-order valence-electron chi connectivity index (χ0n) is 16.6. The van der Waals surface area contributed by atoms with Crippen molar-refractivity contribution < 1.29 is 9.53 Å². The number of rotatable bonds is 5. The first-order chi connectivity index (χ1) is 14.6. The Balaban J connectivity index is 1.73. The molecule has 0 saturated heterocycles. The maximum Gasteiger partial charge on any atom is 0.413 e. The number of nitrogens with zero attached hydrogens (tertiary/aromatic N) is 4. The van der Waals surface area contributed by atoms with Gasteiger partial charge in [0.15, 0.2) is 5.75 Å². The molecule has 0 unspecified atom stereocenters. The number of aromatic nitrogens is 4. The number of carbonyl (C=O) groups excluding carboxylic acids is 1. The van der Waals surface area contributed by atoms with Gasteiger partial charge in [0.1, 0.15) is 12.7 Å². The first kappa shape index (κ1) is 19.4. The molecule has 0 aliphatic rings. The summed E-state index contributed by atoms with van der Waals surface area (Å²) >= 11 is 0. The fraction of sp³-hybridized carbons (Fsp3) is 0.182. The molecule has 8 nitrogen and oxygen atoms in total. The molecular formula is C22H21N5O3. The number of ether oxygens (including phenoxy) is 1. The third-order valence-corrected chi connectivity index (χ3v) is 4.98. The average Bonchev–Trinajstić information content (AvgIpc) is 3.30. The van der Waals surface area contributed by atoms with Crippen LogP contribution in [0.3, 0.4) is 0 Å². The fourth-order valence-electron chi connectivity index (χ4n) is 3.50. The van der Waals surface area contributed by atoms with Crippen LogP contribution in [0.2, 0.25) is 0 Å². The van der Waals surface area contributed by atoms with Gasteiger partial charge in [-0.3, -0.25) is 4.79 Å². The molecule has 0 spiro atoms. The Labute approximate surface area is 172 Å². The number of amides is 1. The Hall–Kier alpha value is -3.94. The van der Waals surface area contributed by atoms with Crippen LogP contribution in [-0.4, -0.2) is 25.6 Å². The lowest BCUT2D eigenvalue weighted by Crippen LogP contribution is -2.33. The van der Waals surface area contributed by atoms with E-state index in [0.29, 0.717) is 28.6 Å². The zero-order valence-corrected chi connectivity index (χ0v) is 16.6. The minimum absolute atomic E-state index is 0.186. The lowest BCUT2D eigenvalue weighted by atomic mass is 10.1. The number of fused-ring (bicyclic) bond motifs is 1. The summed E-state index contributed by atoms with van der Waals surface area (Å²) in [6.45, 7) is 3.70. The van der Waals surface area contributed by atoms with Gasteiger partial charge in [-0.1, -0.05) is 55.5 Å². The molecule has 152 valence electrons. The monoisotopic (exact) mass is 403 g/mol. The summed E-state index contributed by atoms with van der Waals surface area (Å²) in [6, 6.07) is 16.5. The van der Waals surface area contributed by atoms with Crippen LogP contribution in [0.1, 0.15) is 30.6 Å². The number of hydrogen-bond acceptors (Lipinski definition) is 5. The summed E-state index contributed by atoms with van der Waals surface area (Å²) in [4.78, 5) is 25.8. The molecule has 8 heteroatoms. The first-order valence-corrected chi connectivity index (χ1v) is 9.63. The van der Waals surface area contributed by atoms with E-state index in [1.165, 1.54) is 22.0 Å². The third-order valence-electron chi connectivity index (χ3n) is 4.98. The van der Waals surface area contributed by atoms with Gasteiger partial charge in [0.05, 0.1) is 17.1 Å². The molecule has 0 aliphatic heterocycles. The smallest absolute Gasteiger partial charge is 0.408 e. The Bertz CT molecular complexity index is 1230. The van der Waals surface area contributed by atoms with E-state index in [2.05, 4.69) is 15.5 Å². The molecule has 4 rings (SSSR count). The summed E-state index contributed by atoms with van der Waals surface area (Å²) in [6.07, 6.45) is 2.94. The van der Waals surface area contributed by atoms with Gasteiger partial charge in [-0.25, -0.2) is 14.1 Å². The molecule has 1 N–H and O–H groups in total. The van der Waals surface area contributed by atoms with Crippen molar-refractivity contribution in [1.82, 2.24) is 24.9 Å². The second kappa shape index (κ2) is 8.20. The lowest BCUT2D eigenvalue weighted by molar-refractivity contribution is 0.195. The normalized spacial score (nSPS) is 11.9. The van der Waals surface area contributed by atoms with Gasteiger partial charge in [-0.05, 0) is 25.0 Å². The van der Waals surface area contributed by atoms with Gasteiger partial charge < -0.3 is 10.1 Å². The van der Waals surface area contributed by atoms with Crippen LogP contribution in [0, 0.1) is 6.92 Å². The number of hydrogen-bond donors (Lipinski definition) is 1. The van der Waals surface area contributed by atoms with Gasteiger partial charge in [-0.15, -0.1) is 10.2 Å². The molecule has 30 heavy (non-hydrogen) atoms. The van der Waals surface area contributed by atoms with Crippen LogP contribution in [0.25, 0.3) is 10.8 Å². The van der Waals surface area contributed by atoms with Gasteiger partial charge in [-0.2, -0.15) is 0 Å². The van der Waals surface area contributed by atoms with E-state index in [0.717, 1.165) is 5.56 Å². The molecular weight excluding hydrogens is 382 g/mol. The Morgan fingerprint density at radius 2 is 1.67 bits per heavy atom. The Kier molecular flexibility index (Phi) is 5.30. The molecule has 1 amide bonds. The molecule has 0 radical (unpaired) electrons. The van der Waals surface area contributed by atoms with Crippen molar-refractivity contribution in [1.29, 1.82) is 0 Å². The summed E-state index contributed by atoms with van der Waals surface area (Å²) in [5, 5.41) is 11.4.